The van der Waals surface area contributed by atoms with Crippen molar-refractivity contribution in [3.05, 3.63) is 54.5 Å². The first kappa shape index (κ1) is 16.3. The summed E-state index contributed by atoms with van der Waals surface area (Å²) in [5, 5.41) is 12.7. The van der Waals surface area contributed by atoms with Gasteiger partial charge in [-0.05, 0) is 61.7 Å². The van der Waals surface area contributed by atoms with Gasteiger partial charge in [0.25, 0.3) is 0 Å². The number of aliphatic hydroxyl groups excluding tert-OH is 1. The highest BCUT2D eigenvalue weighted by Crippen LogP contribution is 2.24. The van der Waals surface area contributed by atoms with Gasteiger partial charge < -0.3 is 19.6 Å². The van der Waals surface area contributed by atoms with E-state index in [0.717, 1.165) is 25.7 Å². The average Bonchev–Trinajstić information content (AvgIpc) is 3.10. The lowest BCUT2D eigenvalue weighted by Gasteiger charge is -2.28. The molecule has 5 nitrogen and oxygen atoms in total. The predicted octanol–water partition coefficient (Wildman–Crippen LogP) is 3.61. The Labute approximate surface area is 140 Å². The molecule has 0 aliphatic heterocycles. The normalized spacial score (nSPS) is 20.9. The number of benzene rings is 1. The molecular formula is C19H21NO4. The number of nitrogens with one attached hydrogen (secondary N) is 1. The van der Waals surface area contributed by atoms with Crippen molar-refractivity contribution in [2.75, 3.05) is 5.32 Å². The number of hydrogen-bond donors (Lipinski definition) is 2. The van der Waals surface area contributed by atoms with Gasteiger partial charge in [0, 0.05) is 11.8 Å². The lowest BCUT2D eigenvalue weighted by atomic mass is 9.95. The number of hydrogen-bond acceptors (Lipinski definition) is 4. The van der Waals surface area contributed by atoms with Crippen LogP contribution in [-0.4, -0.2) is 23.2 Å². The van der Waals surface area contributed by atoms with E-state index in [-0.39, 0.29) is 12.0 Å². The van der Waals surface area contributed by atoms with E-state index in [1.165, 1.54) is 6.08 Å². The minimum atomic E-state index is -0.398. The summed E-state index contributed by atoms with van der Waals surface area (Å²) in [6.45, 7) is 0. The van der Waals surface area contributed by atoms with Crippen LogP contribution in [0.15, 0.2) is 53.2 Å². The first-order chi connectivity index (χ1) is 11.7. The van der Waals surface area contributed by atoms with Gasteiger partial charge in [-0.1, -0.05) is 6.42 Å². The van der Waals surface area contributed by atoms with Crippen molar-refractivity contribution in [1.82, 2.24) is 0 Å². The molecule has 126 valence electrons. The highest BCUT2D eigenvalue weighted by atomic mass is 16.5. The molecule has 2 atom stereocenters. The second-order valence-electron chi connectivity index (χ2n) is 5.87. The topological polar surface area (TPSA) is 71.7 Å². The second kappa shape index (κ2) is 7.84. The largest absolute Gasteiger partial charge is 0.488 e. The third-order valence-corrected chi connectivity index (χ3v) is 4.02. The summed E-state index contributed by atoms with van der Waals surface area (Å²) in [5.74, 6) is 1.09. The SMILES string of the molecule is O=C(C=Cc1ccco1)Nc1ccc(OC2CCCCC2O)cc1. The molecule has 2 N–H and O–H groups in total. The monoisotopic (exact) mass is 327 g/mol. The Morgan fingerprint density at radius 3 is 2.71 bits per heavy atom. The molecule has 2 aromatic rings. The van der Waals surface area contributed by atoms with E-state index < -0.39 is 6.10 Å². The van der Waals surface area contributed by atoms with Gasteiger partial charge in [0.2, 0.25) is 5.91 Å². The van der Waals surface area contributed by atoms with Crippen molar-refractivity contribution in [3.8, 4) is 5.75 Å². The molecule has 1 heterocycles. The van der Waals surface area contributed by atoms with Crippen molar-refractivity contribution in [1.29, 1.82) is 0 Å². The molecule has 1 aromatic heterocycles. The number of amides is 1. The van der Waals surface area contributed by atoms with E-state index in [2.05, 4.69) is 5.32 Å². The highest BCUT2D eigenvalue weighted by molar-refractivity contribution is 6.01. The van der Waals surface area contributed by atoms with Crippen LogP contribution in [0.4, 0.5) is 5.69 Å². The quantitative estimate of drug-likeness (QED) is 0.823. The second-order valence-corrected chi connectivity index (χ2v) is 5.87. The van der Waals surface area contributed by atoms with Crippen LogP contribution >= 0.6 is 0 Å². The zero-order valence-corrected chi connectivity index (χ0v) is 13.4. The van der Waals surface area contributed by atoms with Gasteiger partial charge in [0.05, 0.1) is 12.4 Å². The average molecular weight is 327 g/mol. The number of rotatable bonds is 5. The van der Waals surface area contributed by atoms with Crippen molar-refractivity contribution in [3.63, 3.8) is 0 Å². The first-order valence-electron chi connectivity index (χ1n) is 8.18. The van der Waals surface area contributed by atoms with Crippen molar-refractivity contribution >= 4 is 17.7 Å². The lowest BCUT2D eigenvalue weighted by Crippen LogP contribution is -2.34. The van der Waals surface area contributed by atoms with Gasteiger partial charge >= 0.3 is 0 Å². The summed E-state index contributed by atoms with van der Waals surface area (Å²) in [4.78, 5) is 11.8. The number of ether oxygens (including phenoxy) is 1. The maximum atomic E-state index is 11.8. The standard InChI is InChI=1S/C19H21NO4/c21-17-5-1-2-6-18(17)24-16-9-7-14(8-10-16)20-19(22)12-11-15-4-3-13-23-15/h3-4,7-13,17-18,21H,1-2,5-6H2,(H,20,22). The van der Waals surface area contributed by atoms with Crippen LogP contribution in [0.5, 0.6) is 5.75 Å². The van der Waals surface area contributed by atoms with Crippen LogP contribution in [-0.2, 0) is 4.79 Å². The van der Waals surface area contributed by atoms with E-state index >= 15 is 0 Å². The van der Waals surface area contributed by atoms with Crippen LogP contribution in [0.1, 0.15) is 31.4 Å². The fourth-order valence-corrected chi connectivity index (χ4v) is 2.73. The Kier molecular flexibility index (Phi) is 5.33. The van der Waals surface area contributed by atoms with Crippen LogP contribution < -0.4 is 10.1 Å². The Bertz CT molecular complexity index is 676. The van der Waals surface area contributed by atoms with Crippen molar-refractivity contribution in [2.45, 2.75) is 37.9 Å². The zero-order chi connectivity index (χ0) is 16.8. The highest BCUT2D eigenvalue weighted by Gasteiger charge is 2.24. The van der Waals surface area contributed by atoms with Gasteiger partial charge in [-0.25, -0.2) is 0 Å². The van der Waals surface area contributed by atoms with E-state index in [4.69, 9.17) is 9.15 Å². The number of aliphatic hydroxyl groups is 1. The first-order valence-corrected chi connectivity index (χ1v) is 8.18. The summed E-state index contributed by atoms with van der Waals surface area (Å²) in [6.07, 6.45) is 7.84. The summed E-state index contributed by atoms with van der Waals surface area (Å²) in [5.41, 5.74) is 0.681. The Morgan fingerprint density at radius 2 is 2.00 bits per heavy atom. The minimum absolute atomic E-state index is 0.143. The number of anilines is 1. The predicted molar refractivity (Wildman–Crippen MR) is 91.7 cm³/mol. The van der Waals surface area contributed by atoms with Crippen LogP contribution in [0.3, 0.4) is 0 Å². The van der Waals surface area contributed by atoms with E-state index in [1.54, 1.807) is 48.7 Å². The molecule has 1 aromatic carbocycles. The molecule has 0 bridgehead atoms. The molecule has 5 heteroatoms. The molecular weight excluding hydrogens is 306 g/mol. The van der Waals surface area contributed by atoms with Crippen LogP contribution in [0.2, 0.25) is 0 Å². The van der Waals surface area contributed by atoms with Crippen molar-refractivity contribution in [2.24, 2.45) is 0 Å². The van der Waals surface area contributed by atoms with Crippen LogP contribution in [0, 0.1) is 0 Å². The van der Waals surface area contributed by atoms with Crippen molar-refractivity contribution < 1.29 is 19.1 Å². The summed E-state index contributed by atoms with van der Waals surface area (Å²) < 4.78 is 11.0. The molecule has 2 unspecified atom stereocenters. The van der Waals surface area contributed by atoms with Gasteiger partial charge in [-0.15, -0.1) is 0 Å². The molecule has 0 saturated heterocycles. The maximum Gasteiger partial charge on any atom is 0.248 e. The molecule has 1 aliphatic rings. The third-order valence-electron chi connectivity index (χ3n) is 4.02. The third kappa shape index (κ3) is 4.49. The number of carbonyl (C=O) groups excluding carboxylic acids is 1. The van der Waals surface area contributed by atoms with E-state index in [0.29, 0.717) is 17.2 Å². The summed E-state index contributed by atoms with van der Waals surface area (Å²) in [7, 11) is 0. The molecule has 3 rings (SSSR count). The molecule has 1 saturated carbocycles. The fraction of sp³-hybridized carbons (Fsp3) is 0.316. The molecule has 0 spiro atoms. The summed E-state index contributed by atoms with van der Waals surface area (Å²) in [6, 6.07) is 10.7. The number of furan rings is 1. The number of carbonyl (C=O) groups is 1. The summed E-state index contributed by atoms with van der Waals surface area (Å²) >= 11 is 0. The molecule has 24 heavy (non-hydrogen) atoms. The molecule has 1 aliphatic carbocycles. The van der Waals surface area contributed by atoms with Gasteiger partial charge in [0.15, 0.2) is 0 Å². The lowest BCUT2D eigenvalue weighted by molar-refractivity contribution is -0.111. The minimum Gasteiger partial charge on any atom is -0.488 e. The smallest absolute Gasteiger partial charge is 0.248 e. The Hall–Kier alpha value is -2.53. The Balaban J connectivity index is 1.53. The Morgan fingerprint density at radius 1 is 1.21 bits per heavy atom. The van der Waals surface area contributed by atoms with Gasteiger partial charge in [0.1, 0.15) is 17.6 Å². The molecule has 0 radical (unpaired) electrons. The maximum absolute atomic E-state index is 11.8. The van der Waals surface area contributed by atoms with Gasteiger partial charge in [-0.3, -0.25) is 4.79 Å². The fourth-order valence-electron chi connectivity index (χ4n) is 2.73. The van der Waals surface area contributed by atoms with E-state index in [1.807, 2.05) is 0 Å². The molecule has 1 fully saturated rings. The van der Waals surface area contributed by atoms with E-state index in [9.17, 15) is 9.90 Å². The zero-order valence-electron chi connectivity index (χ0n) is 13.4. The van der Waals surface area contributed by atoms with Crippen LogP contribution in [0.25, 0.3) is 6.08 Å². The molecule has 1 amide bonds. The van der Waals surface area contributed by atoms with Gasteiger partial charge in [-0.2, -0.15) is 0 Å².